The number of para-hydroxylation sites is 1. The van der Waals surface area contributed by atoms with Gasteiger partial charge in [0.15, 0.2) is 0 Å². The molecule has 1 aromatic rings. The van der Waals surface area contributed by atoms with E-state index in [2.05, 4.69) is 5.32 Å². The first-order chi connectivity index (χ1) is 13.1. The first-order valence-electron chi connectivity index (χ1n) is 9.47. The molecule has 1 unspecified atom stereocenters. The zero-order valence-corrected chi connectivity index (χ0v) is 17.8. The largest absolute Gasteiger partial charge is 0.444 e. The number of halogens is 1. The van der Waals surface area contributed by atoms with Gasteiger partial charge in [-0.25, -0.2) is 4.79 Å². The molecule has 1 fully saturated rings. The number of hydrogen-bond donors (Lipinski definition) is 2. The van der Waals surface area contributed by atoms with Gasteiger partial charge in [-0.15, -0.1) is 11.6 Å². The van der Waals surface area contributed by atoms with Crippen LogP contribution in [0.25, 0.3) is 0 Å². The molecule has 1 aliphatic heterocycles. The highest BCUT2D eigenvalue weighted by Gasteiger charge is 2.29. The van der Waals surface area contributed by atoms with E-state index < -0.39 is 11.7 Å². The number of ether oxygens (including phenoxy) is 1. The molecule has 0 saturated carbocycles. The van der Waals surface area contributed by atoms with Crippen LogP contribution >= 0.6 is 11.6 Å². The predicted molar refractivity (Wildman–Crippen MR) is 110 cm³/mol. The lowest BCUT2D eigenvalue weighted by Crippen LogP contribution is -2.51. The van der Waals surface area contributed by atoms with Gasteiger partial charge in [0.1, 0.15) is 5.60 Å². The molecular formula is C20H30ClN3O4. The second kappa shape index (κ2) is 9.47. The molecule has 0 aliphatic carbocycles. The lowest BCUT2D eigenvalue weighted by molar-refractivity contribution is 0.0141. The molecule has 0 radical (unpaired) electrons. The van der Waals surface area contributed by atoms with Crippen LogP contribution in [0.4, 0.5) is 10.5 Å². The second-order valence-electron chi connectivity index (χ2n) is 7.95. The van der Waals surface area contributed by atoms with E-state index in [1.165, 1.54) is 0 Å². The molecule has 28 heavy (non-hydrogen) atoms. The van der Waals surface area contributed by atoms with Crippen molar-refractivity contribution >= 4 is 29.3 Å². The summed E-state index contributed by atoms with van der Waals surface area (Å²) in [6.45, 7) is 9.41. The van der Waals surface area contributed by atoms with Crippen molar-refractivity contribution in [1.29, 1.82) is 0 Å². The number of aliphatic hydroxyl groups excluding tert-OH is 1. The quantitative estimate of drug-likeness (QED) is 0.728. The monoisotopic (exact) mass is 411 g/mol. The number of amides is 2. The molecular weight excluding hydrogens is 382 g/mol. The maximum Gasteiger partial charge on any atom is 0.410 e. The molecule has 2 amide bonds. The van der Waals surface area contributed by atoms with Crippen LogP contribution in [0.1, 0.15) is 36.7 Å². The Kier molecular flexibility index (Phi) is 7.55. The molecule has 1 heterocycles. The third-order valence-corrected chi connectivity index (χ3v) is 4.77. The molecule has 2 N–H and O–H groups in total. The first kappa shape index (κ1) is 22.3. The summed E-state index contributed by atoms with van der Waals surface area (Å²) in [5, 5.41) is 12.8. The summed E-state index contributed by atoms with van der Waals surface area (Å²) in [6.07, 6.45) is -1.05. The predicted octanol–water partition coefficient (Wildman–Crippen LogP) is 2.70. The third kappa shape index (κ3) is 6.01. The number of rotatable bonds is 5. The molecule has 1 aliphatic rings. The number of alkyl halides is 1. The van der Waals surface area contributed by atoms with E-state index in [9.17, 15) is 14.7 Å². The number of piperazine rings is 1. The Morgan fingerprint density at radius 2 is 1.82 bits per heavy atom. The van der Waals surface area contributed by atoms with Crippen LogP contribution in [0, 0.1) is 6.92 Å². The van der Waals surface area contributed by atoms with Crippen molar-refractivity contribution < 1.29 is 19.4 Å². The molecule has 1 aromatic carbocycles. The van der Waals surface area contributed by atoms with Crippen molar-refractivity contribution in [2.45, 2.75) is 39.4 Å². The maximum atomic E-state index is 13.1. The lowest BCUT2D eigenvalue weighted by Gasteiger charge is -2.36. The van der Waals surface area contributed by atoms with Gasteiger partial charge < -0.3 is 25.0 Å². The number of hydrogen-bond acceptors (Lipinski definition) is 5. The zero-order chi connectivity index (χ0) is 20.9. The number of aryl methyl sites for hydroxylation is 1. The molecule has 156 valence electrons. The van der Waals surface area contributed by atoms with E-state index in [0.29, 0.717) is 37.4 Å². The SMILES string of the molecule is Cc1cccc(C(=O)N2CCN(C(=O)OC(C)(C)C)CC2)c1NCC(O)CCl. The molecule has 1 atom stereocenters. The fourth-order valence-corrected chi connectivity index (χ4v) is 3.05. The Morgan fingerprint density at radius 1 is 1.21 bits per heavy atom. The van der Waals surface area contributed by atoms with Gasteiger partial charge in [0.25, 0.3) is 5.91 Å². The minimum absolute atomic E-state index is 0.101. The summed E-state index contributed by atoms with van der Waals surface area (Å²) in [5.41, 5.74) is 1.62. The van der Waals surface area contributed by atoms with E-state index in [4.69, 9.17) is 16.3 Å². The van der Waals surface area contributed by atoms with E-state index in [1.807, 2.05) is 39.8 Å². The maximum absolute atomic E-state index is 13.1. The smallest absolute Gasteiger partial charge is 0.410 e. The molecule has 7 nitrogen and oxygen atoms in total. The van der Waals surface area contributed by atoms with Crippen molar-refractivity contribution in [2.75, 3.05) is 43.9 Å². The van der Waals surface area contributed by atoms with Gasteiger partial charge in [0.2, 0.25) is 0 Å². The molecule has 1 saturated heterocycles. The standard InChI is InChI=1S/C20H30ClN3O4/c1-14-6-5-7-16(17(14)22-13-15(25)12-21)18(26)23-8-10-24(11-9-23)19(27)28-20(2,3)4/h5-7,15,22,25H,8-13H2,1-4H3. The van der Waals surface area contributed by atoms with Gasteiger partial charge >= 0.3 is 6.09 Å². The highest BCUT2D eigenvalue weighted by Crippen LogP contribution is 2.23. The Morgan fingerprint density at radius 3 is 2.39 bits per heavy atom. The number of carbonyl (C=O) groups is 2. The van der Waals surface area contributed by atoms with Crippen LogP contribution in [0.3, 0.4) is 0 Å². The summed E-state index contributed by atoms with van der Waals surface area (Å²) in [7, 11) is 0. The van der Waals surface area contributed by atoms with Crippen LogP contribution < -0.4 is 5.32 Å². The molecule has 2 rings (SSSR count). The number of benzene rings is 1. The summed E-state index contributed by atoms with van der Waals surface area (Å²) in [6, 6.07) is 5.51. The molecule has 0 bridgehead atoms. The number of anilines is 1. The van der Waals surface area contributed by atoms with E-state index in [1.54, 1.807) is 15.9 Å². The number of nitrogens with one attached hydrogen (secondary N) is 1. The number of carbonyl (C=O) groups excluding carboxylic acids is 2. The van der Waals surface area contributed by atoms with Crippen LogP contribution in [-0.4, -0.2) is 77.2 Å². The Balaban J connectivity index is 2.03. The van der Waals surface area contributed by atoms with E-state index >= 15 is 0 Å². The summed E-state index contributed by atoms with van der Waals surface area (Å²) in [4.78, 5) is 28.6. The fraction of sp³-hybridized carbons (Fsp3) is 0.600. The Bertz CT molecular complexity index is 697. The van der Waals surface area contributed by atoms with Crippen molar-refractivity contribution in [3.63, 3.8) is 0 Å². The normalized spacial score (nSPS) is 15.9. The van der Waals surface area contributed by atoms with Crippen LogP contribution in [0.5, 0.6) is 0 Å². The van der Waals surface area contributed by atoms with Gasteiger partial charge in [-0.05, 0) is 39.3 Å². The minimum atomic E-state index is -0.693. The first-order valence-corrected chi connectivity index (χ1v) is 10.0. The van der Waals surface area contributed by atoms with Gasteiger partial charge in [-0.3, -0.25) is 4.79 Å². The van der Waals surface area contributed by atoms with Crippen LogP contribution in [0.2, 0.25) is 0 Å². The van der Waals surface area contributed by atoms with Crippen LogP contribution in [-0.2, 0) is 4.74 Å². The molecule has 0 aromatic heterocycles. The molecule has 0 spiro atoms. The summed E-state index contributed by atoms with van der Waals surface area (Å²) < 4.78 is 5.40. The van der Waals surface area contributed by atoms with Crippen molar-refractivity contribution in [3.8, 4) is 0 Å². The van der Waals surface area contributed by atoms with Gasteiger partial charge in [0.05, 0.1) is 17.5 Å². The fourth-order valence-electron chi connectivity index (χ4n) is 2.94. The zero-order valence-electron chi connectivity index (χ0n) is 17.0. The Labute approximate surface area is 171 Å². The molecule has 8 heteroatoms. The van der Waals surface area contributed by atoms with Gasteiger partial charge in [-0.1, -0.05) is 12.1 Å². The number of aliphatic hydroxyl groups is 1. The summed E-state index contributed by atoms with van der Waals surface area (Å²) in [5.74, 6) is 0.0183. The highest BCUT2D eigenvalue weighted by molar-refractivity contribution is 6.18. The lowest BCUT2D eigenvalue weighted by atomic mass is 10.1. The number of nitrogens with zero attached hydrogens (tertiary/aromatic N) is 2. The van der Waals surface area contributed by atoms with Crippen molar-refractivity contribution in [1.82, 2.24) is 9.80 Å². The van der Waals surface area contributed by atoms with Crippen molar-refractivity contribution in [2.24, 2.45) is 0 Å². The Hall–Kier alpha value is -1.99. The van der Waals surface area contributed by atoms with E-state index in [-0.39, 0.29) is 24.4 Å². The van der Waals surface area contributed by atoms with Gasteiger partial charge in [-0.2, -0.15) is 0 Å². The third-order valence-electron chi connectivity index (χ3n) is 4.41. The average Bonchev–Trinajstić information content (AvgIpc) is 2.64. The van der Waals surface area contributed by atoms with Crippen LogP contribution in [0.15, 0.2) is 18.2 Å². The second-order valence-corrected chi connectivity index (χ2v) is 8.25. The van der Waals surface area contributed by atoms with Gasteiger partial charge in [0, 0.05) is 38.4 Å². The highest BCUT2D eigenvalue weighted by atomic mass is 35.5. The topological polar surface area (TPSA) is 82.1 Å². The van der Waals surface area contributed by atoms with Crippen molar-refractivity contribution in [3.05, 3.63) is 29.3 Å². The summed E-state index contributed by atoms with van der Waals surface area (Å²) >= 11 is 5.65. The average molecular weight is 412 g/mol. The minimum Gasteiger partial charge on any atom is -0.444 e. The van der Waals surface area contributed by atoms with E-state index in [0.717, 1.165) is 5.56 Å².